The van der Waals surface area contributed by atoms with Crippen LogP contribution in [0.4, 0.5) is 0 Å². The maximum atomic E-state index is 4.93. The summed E-state index contributed by atoms with van der Waals surface area (Å²) in [5.41, 5.74) is 3.71. The van der Waals surface area contributed by atoms with Gasteiger partial charge >= 0.3 is 0 Å². The largest absolute Gasteiger partial charge is 0.357 e. The standard InChI is InChI=1S/C23H38N6S.HI/c1-6-24-23(26-17(2)14-22-18(3)27-28(5)19(22)4)25-15-20-9-11-29(12-10-20)16-21-8-7-13-30-21;/h7-8,13,17,20H,6,9-12,14-16H2,1-5H3,(H2,24,25,26);1H. The fraction of sp³-hybridized carbons (Fsp3) is 0.652. The van der Waals surface area contributed by atoms with E-state index in [0.29, 0.717) is 12.0 Å². The lowest BCUT2D eigenvalue weighted by atomic mass is 9.97. The highest BCUT2D eigenvalue weighted by Crippen LogP contribution is 2.21. The highest BCUT2D eigenvalue weighted by atomic mass is 127. The van der Waals surface area contributed by atoms with Crippen molar-refractivity contribution in [1.82, 2.24) is 25.3 Å². The third kappa shape index (κ3) is 7.75. The lowest BCUT2D eigenvalue weighted by Gasteiger charge is -2.31. The Hall–Kier alpha value is -1.13. The SMILES string of the molecule is CCNC(=NCC1CCN(Cc2cccs2)CC1)NC(C)Cc1c(C)nn(C)c1C.I. The van der Waals surface area contributed by atoms with E-state index in [4.69, 9.17) is 4.99 Å². The number of thiophene rings is 1. The molecule has 1 unspecified atom stereocenters. The quantitative estimate of drug-likeness (QED) is 0.291. The van der Waals surface area contributed by atoms with Gasteiger partial charge in [-0.25, -0.2) is 0 Å². The predicted octanol–water partition coefficient (Wildman–Crippen LogP) is 4.11. The third-order valence-corrected chi connectivity index (χ3v) is 6.93. The zero-order chi connectivity index (χ0) is 21.5. The molecule has 2 N–H and O–H groups in total. The molecule has 0 aliphatic carbocycles. The number of nitrogens with one attached hydrogen (secondary N) is 2. The molecule has 0 aromatic carbocycles. The lowest BCUT2D eigenvalue weighted by molar-refractivity contribution is 0.182. The zero-order valence-corrected chi connectivity index (χ0v) is 22.8. The van der Waals surface area contributed by atoms with Crippen molar-refractivity contribution in [2.75, 3.05) is 26.2 Å². The van der Waals surface area contributed by atoms with Crippen LogP contribution >= 0.6 is 35.3 Å². The summed E-state index contributed by atoms with van der Waals surface area (Å²) < 4.78 is 1.97. The van der Waals surface area contributed by atoms with Crippen LogP contribution in [0.5, 0.6) is 0 Å². The van der Waals surface area contributed by atoms with Gasteiger partial charge < -0.3 is 10.6 Å². The number of likely N-dealkylation sites (tertiary alicyclic amines) is 1. The smallest absolute Gasteiger partial charge is 0.191 e. The molecule has 1 fully saturated rings. The number of guanidine groups is 1. The molecule has 6 nitrogen and oxygen atoms in total. The summed E-state index contributed by atoms with van der Waals surface area (Å²) in [6.07, 6.45) is 3.42. The molecular formula is C23H39IN6S. The molecule has 1 aliphatic rings. The zero-order valence-electron chi connectivity index (χ0n) is 19.6. The normalized spacial score (nSPS) is 16.7. The van der Waals surface area contributed by atoms with Gasteiger partial charge in [-0.2, -0.15) is 5.10 Å². The van der Waals surface area contributed by atoms with E-state index in [1.54, 1.807) is 0 Å². The summed E-state index contributed by atoms with van der Waals surface area (Å²) in [4.78, 5) is 8.98. The van der Waals surface area contributed by atoms with E-state index in [-0.39, 0.29) is 24.0 Å². The molecule has 2 aromatic heterocycles. The molecule has 1 aliphatic heterocycles. The predicted molar refractivity (Wildman–Crippen MR) is 143 cm³/mol. The fourth-order valence-electron chi connectivity index (χ4n) is 4.19. The van der Waals surface area contributed by atoms with Gasteiger partial charge in [-0.05, 0) is 83.0 Å². The van der Waals surface area contributed by atoms with Crippen molar-refractivity contribution < 1.29 is 0 Å². The summed E-state index contributed by atoms with van der Waals surface area (Å²) in [7, 11) is 2.02. The molecule has 0 amide bonds. The third-order valence-electron chi connectivity index (χ3n) is 6.07. The van der Waals surface area contributed by atoms with Gasteiger partial charge in [0.2, 0.25) is 0 Å². The topological polar surface area (TPSA) is 57.5 Å². The number of rotatable bonds is 8. The molecular weight excluding hydrogens is 519 g/mol. The van der Waals surface area contributed by atoms with Crippen LogP contribution in [-0.4, -0.2) is 52.9 Å². The molecule has 174 valence electrons. The highest BCUT2D eigenvalue weighted by Gasteiger charge is 2.20. The number of aromatic nitrogens is 2. The Morgan fingerprint density at radius 2 is 2.06 bits per heavy atom. The van der Waals surface area contributed by atoms with Crippen molar-refractivity contribution in [1.29, 1.82) is 0 Å². The first-order chi connectivity index (χ1) is 14.5. The number of aliphatic imine (C=N–C) groups is 1. The second kappa shape index (κ2) is 12.8. The van der Waals surface area contributed by atoms with Crippen LogP contribution in [0.15, 0.2) is 22.5 Å². The van der Waals surface area contributed by atoms with Gasteiger partial charge in [0.15, 0.2) is 5.96 Å². The highest BCUT2D eigenvalue weighted by molar-refractivity contribution is 14.0. The Bertz CT molecular complexity index is 808. The maximum Gasteiger partial charge on any atom is 0.191 e. The number of hydrogen-bond donors (Lipinski definition) is 2. The Kier molecular flexibility index (Phi) is 10.8. The second-order valence-corrected chi connectivity index (χ2v) is 9.57. The number of piperidine rings is 1. The molecule has 0 bridgehead atoms. The van der Waals surface area contributed by atoms with Crippen LogP contribution < -0.4 is 10.6 Å². The minimum absolute atomic E-state index is 0. The molecule has 31 heavy (non-hydrogen) atoms. The number of aryl methyl sites for hydroxylation is 2. The molecule has 0 saturated carbocycles. The van der Waals surface area contributed by atoms with Crippen LogP contribution in [0.25, 0.3) is 0 Å². The van der Waals surface area contributed by atoms with Crippen LogP contribution in [0, 0.1) is 19.8 Å². The van der Waals surface area contributed by atoms with Crippen LogP contribution in [0.2, 0.25) is 0 Å². The van der Waals surface area contributed by atoms with Gasteiger partial charge in [0.25, 0.3) is 0 Å². The van der Waals surface area contributed by atoms with Gasteiger partial charge in [-0.15, -0.1) is 35.3 Å². The van der Waals surface area contributed by atoms with Crippen molar-refractivity contribution >= 4 is 41.3 Å². The fourth-order valence-corrected chi connectivity index (χ4v) is 4.94. The Morgan fingerprint density at radius 1 is 1.32 bits per heavy atom. The van der Waals surface area contributed by atoms with E-state index in [0.717, 1.165) is 37.7 Å². The van der Waals surface area contributed by atoms with Gasteiger partial charge in [0.05, 0.1) is 5.69 Å². The number of halogens is 1. The molecule has 3 heterocycles. The maximum absolute atomic E-state index is 4.93. The van der Waals surface area contributed by atoms with Gasteiger partial charge in [0.1, 0.15) is 0 Å². The van der Waals surface area contributed by atoms with Gasteiger partial charge in [-0.1, -0.05) is 6.07 Å². The minimum atomic E-state index is 0. The molecule has 0 radical (unpaired) electrons. The average Bonchev–Trinajstić information content (AvgIpc) is 3.31. The Balaban J connectivity index is 0.00000341. The molecule has 1 saturated heterocycles. The van der Waals surface area contributed by atoms with Crippen LogP contribution in [0.3, 0.4) is 0 Å². The van der Waals surface area contributed by atoms with Crippen molar-refractivity contribution in [2.24, 2.45) is 18.0 Å². The van der Waals surface area contributed by atoms with Crippen LogP contribution in [-0.2, 0) is 20.0 Å². The molecule has 8 heteroatoms. The monoisotopic (exact) mass is 558 g/mol. The first kappa shape index (κ1) is 26.1. The van der Waals surface area contributed by atoms with E-state index in [1.807, 2.05) is 23.1 Å². The average molecular weight is 559 g/mol. The molecule has 0 spiro atoms. The molecule has 3 rings (SSSR count). The second-order valence-electron chi connectivity index (χ2n) is 8.54. The Labute approximate surface area is 208 Å². The number of hydrogen-bond acceptors (Lipinski definition) is 4. The summed E-state index contributed by atoms with van der Waals surface area (Å²) >= 11 is 1.86. The minimum Gasteiger partial charge on any atom is -0.357 e. The van der Waals surface area contributed by atoms with Crippen LogP contribution in [0.1, 0.15) is 48.5 Å². The summed E-state index contributed by atoms with van der Waals surface area (Å²) in [6.45, 7) is 13.8. The Morgan fingerprint density at radius 3 is 2.65 bits per heavy atom. The van der Waals surface area contributed by atoms with Crippen molar-refractivity contribution in [3.8, 4) is 0 Å². The van der Waals surface area contributed by atoms with Crippen molar-refractivity contribution in [3.05, 3.63) is 39.3 Å². The van der Waals surface area contributed by atoms with Crippen molar-refractivity contribution in [2.45, 2.75) is 59.5 Å². The van der Waals surface area contributed by atoms with E-state index in [2.05, 4.69) is 65.8 Å². The van der Waals surface area contributed by atoms with Crippen molar-refractivity contribution in [3.63, 3.8) is 0 Å². The van der Waals surface area contributed by atoms with E-state index in [1.165, 1.54) is 42.1 Å². The first-order valence-electron chi connectivity index (χ1n) is 11.2. The summed E-state index contributed by atoms with van der Waals surface area (Å²) in [6, 6.07) is 4.69. The molecule has 2 aromatic rings. The summed E-state index contributed by atoms with van der Waals surface area (Å²) in [5, 5.41) is 13.7. The van der Waals surface area contributed by atoms with E-state index in [9.17, 15) is 0 Å². The number of nitrogens with zero attached hydrogens (tertiary/aromatic N) is 4. The van der Waals surface area contributed by atoms with E-state index < -0.39 is 0 Å². The van der Waals surface area contributed by atoms with E-state index >= 15 is 0 Å². The first-order valence-corrected chi connectivity index (χ1v) is 12.1. The summed E-state index contributed by atoms with van der Waals surface area (Å²) in [5.74, 6) is 1.61. The molecule has 1 atom stereocenters. The lowest BCUT2D eigenvalue weighted by Crippen LogP contribution is -2.43. The van der Waals surface area contributed by atoms with Gasteiger partial charge in [0, 0.05) is 43.3 Å². The van der Waals surface area contributed by atoms with Gasteiger partial charge in [-0.3, -0.25) is 14.6 Å².